The fraction of sp³-hybridized carbons (Fsp3) is 0.294. The molecule has 4 rings (SSSR count). The summed E-state index contributed by atoms with van der Waals surface area (Å²) < 4.78 is 1.29. The number of rotatable bonds is 3. The maximum Gasteiger partial charge on any atom is 0.308 e. The topological polar surface area (TPSA) is 87.8 Å². The summed E-state index contributed by atoms with van der Waals surface area (Å²) in [5.74, 6) is -1.18. The molecule has 0 amide bonds. The van der Waals surface area contributed by atoms with E-state index in [2.05, 4.69) is 10.1 Å². The number of benzene rings is 1. The quantitative estimate of drug-likeness (QED) is 0.773. The number of carboxylic acid groups (broad SMARTS) is 1. The molecule has 1 N–H and O–H groups in total. The van der Waals surface area contributed by atoms with Crippen molar-refractivity contribution in [1.82, 2.24) is 14.6 Å². The number of anilines is 1. The van der Waals surface area contributed by atoms with Crippen molar-refractivity contribution in [3.05, 3.63) is 46.8 Å². The van der Waals surface area contributed by atoms with Crippen LogP contribution in [-0.2, 0) is 4.79 Å². The average Bonchev–Trinajstić information content (AvgIpc) is 3.07. The smallest absolute Gasteiger partial charge is 0.308 e. The third kappa shape index (κ3) is 3.00. The summed E-state index contributed by atoms with van der Waals surface area (Å²) in [5.41, 5.74) is 1.25. The lowest BCUT2D eigenvalue weighted by Gasteiger charge is -2.29. The van der Waals surface area contributed by atoms with Crippen LogP contribution in [0.1, 0.15) is 12.8 Å². The zero-order valence-electron chi connectivity index (χ0n) is 13.3. The van der Waals surface area contributed by atoms with E-state index >= 15 is 0 Å². The molecule has 25 heavy (non-hydrogen) atoms. The Balaban J connectivity index is 1.72. The van der Waals surface area contributed by atoms with Gasteiger partial charge in [-0.15, -0.1) is 5.10 Å². The van der Waals surface area contributed by atoms with Gasteiger partial charge in [0.2, 0.25) is 10.1 Å². The van der Waals surface area contributed by atoms with Crippen LogP contribution in [-0.4, -0.2) is 38.8 Å². The Morgan fingerprint density at radius 3 is 2.84 bits per heavy atom. The van der Waals surface area contributed by atoms with Crippen molar-refractivity contribution in [2.45, 2.75) is 12.8 Å². The Morgan fingerprint density at radius 2 is 2.08 bits per heavy atom. The highest BCUT2D eigenvalue weighted by molar-refractivity contribution is 7.20. The van der Waals surface area contributed by atoms with Crippen molar-refractivity contribution in [3.63, 3.8) is 0 Å². The fourth-order valence-electron chi connectivity index (χ4n) is 3.04. The SMILES string of the molecule is O=C(O)C1CCCN(c2nn3c(=O)cc(-c4ccccc4)nc3s2)C1. The highest BCUT2D eigenvalue weighted by Gasteiger charge is 2.27. The van der Waals surface area contributed by atoms with Gasteiger partial charge in [-0.3, -0.25) is 9.59 Å². The normalized spacial score (nSPS) is 17.8. The van der Waals surface area contributed by atoms with Gasteiger partial charge in [0.05, 0.1) is 11.6 Å². The molecule has 0 radical (unpaired) electrons. The molecule has 0 aliphatic carbocycles. The van der Waals surface area contributed by atoms with Gasteiger partial charge in [-0.1, -0.05) is 41.7 Å². The number of nitrogens with zero attached hydrogens (tertiary/aromatic N) is 4. The lowest BCUT2D eigenvalue weighted by Crippen LogP contribution is -2.38. The van der Waals surface area contributed by atoms with Crippen molar-refractivity contribution in [2.24, 2.45) is 5.92 Å². The maximum atomic E-state index is 12.4. The van der Waals surface area contributed by atoms with E-state index in [1.807, 2.05) is 35.2 Å². The molecule has 0 bridgehead atoms. The number of hydrogen-bond acceptors (Lipinski definition) is 6. The summed E-state index contributed by atoms with van der Waals surface area (Å²) >= 11 is 1.31. The lowest BCUT2D eigenvalue weighted by molar-refractivity contribution is -0.141. The van der Waals surface area contributed by atoms with E-state index in [1.165, 1.54) is 21.9 Å². The van der Waals surface area contributed by atoms with Gasteiger partial charge >= 0.3 is 5.97 Å². The first-order chi connectivity index (χ1) is 12.1. The highest BCUT2D eigenvalue weighted by atomic mass is 32.1. The number of carboxylic acids is 1. The van der Waals surface area contributed by atoms with Crippen LogP contribution in [0.4, 0.5) is 5.13 Å². The molecule has 1 atom stereocenters. The minimum atomic E-state index is -0.785. The molecule has 1 aliphatic rings. The van der Waals surface area contributed by atoms with Crippen LogP contribution in [0.5, 0.6) is 0 Å². The van der Waals surface area contributed by atoms with Crippen LogP contribution in [0, 0.1) is 5.92 Å². The first-order valence-corrected chi connectivity index (χ1v) is 8.87. The Morgan fingerprint density at radius 1 is 1.28 bits per heavy atom. The number of aliphatic carboxylic acids is 1. The van der Waals surface area contributed by atoms with E-state index in [0.717, 1.165) is 18.5 Å². The molecular weight excluding hydrogens is 340 g/mol. The third-order valence-corrected chi connectivity index (χ3v) is 5.31. The Bertz CT molecular complexity index is 982. The lowest BCUT2D eigenvalue weighted by atomic mass is 9.99. The van der Waals surface area contributed by atoms with Gasteiger partial charge < -0.3 is 10.0 Å². The minimum Gasteiger partial charge on any atom is -0.481 e. The standard InChI is InChI=1S/C17H16N4O3S/c22-14-9-13(11-5-2-1-3-6-11)18-16-21(14)19-17(25-16)20-8-4-7-12(10-20)15(23)24/h1-3,5-6,9,12H,4,7-8,10H2,(H,23,24). The molecule has 1 aromatic carbocycles. The Kier molecular flexibility index (Phi) is 3.96. The molecule has 1 unspecified atom stereocenters. The molecule has 8 heteroatoms. The molecule has 3 heterocycles. The van der Waals surface area contributed by atoms with Crippen LogP contribution in [0.25, 0.3) is 16.2 Å². The largest absolute Gasteiger partial charge is 0.481 e. The van der Waals surface area contributed by atoms with Crippen molar-refractivity contribution in [2.75, 3.05) is 18.0 Å². The summed E-state index contributed by atoms with van der Waals surface area (Å²) in [6.07, 6.45) is 1.47. The summed E-state index contributed by atoms with van der Waals surface area (Å²) in [6, 6.07) is 11.0. The van der Waals surface area contributed by atoms with E-state index in [9.17, 15) is 14.7 Å². The van der Waals surface area contributed by atoms with Crippen LogP contribution in [0.3, 0.4) is 0 Å². The molecule has 128 valence electrons. The van der Waals surface area contributed by atoms with Crippen molar-refractivity contribution >= 4 is 27.4 Å². The monoisotopic (exact) mass is 356 g/mol. The van der Waals surface area contributed by atoms with Crippen LogP contribution >= 0.6 is 11.3 Å². The van der Waals surface area contributed by atoms with Gasteiger partial charge in [-0.2, -0.15) is 4.52 Å². The predicted octanol–water partition coefficient (Wildman–Crippen LogP) is 2.12. The second-order valence-electron chi connectivity index (χ2n) is 6.05. The molecule has 2 aromatic heterocycles. The summed E-state index contributed by atoms with van der Waals surface area (Å²) in [6.45, 7) is 1.15. The van der Waals surface area contributed by atoms with Crippen molar-refractivity contribution in [1.29, 1.82) is 0 Å². The van der Waals surface area contributed by atoms with Crippen molar-refractivity contribution < 1.29 is 9.90 Å². The van der Waals surface area contributed by atoms with Crippen LogP contribution < -0.4 is 10.5 Å². The molecular formula is C17H16N4O3S. The molecule has 7 nitrogen and oxygen atoms in total. The zero-order valence-corrected chi connectivity index (χ0v) is 14.1. The predicted molar refractivity (Wildman–Crippen MR) is 95.1 cm³/mol. The fourth-order valence-corrected chi connectivity index (χ4v) is 3.98. The van der Waals surface area contributed by atoms with E-state index in [0.29, 0.717) is 28.8 Å². The number of fused-ring (bicyclic) bond motifs is 1. The molecule has 1 fully saturated rings. The van der Waals surface area contributed by atoms with Crippen LogP contribution in [0.15, 0.2) is 41.2 Å². The Hall–Kier alpha value is -2.74. The molecule has 3 aromatic rings. The van der Waals surface area contributed by atoms with Gasteiger partial charge in [-0.25, -0.2) is 4.98 Å². The molecule has 0 spiro atoms. The summed E-state index contributed by atoms with van der Waals surface area (Å²) in [5, 5.41) is 14.2. The average molecular weight is 356 g/mol. The number of piperidine rings is 1. The second-order valence-corrected chi connectivity index (χ2v) is 6.98. The third-order valence-electron chi connectivity index (χ3n) is 4.35. The van der Waals surface area contributed by atoms with E-state index < -0.39 is 11.9 Å². The van der Waals surface area contributed by atoms with Crippen molar-refractivity contribution in [3.8, 4) is 11.3 Å². The highest BCUT2D eigenvalue weighted by Crippen LogP contribution is 2.27. The zero-order chi connectivity index (χ0) is 17.4. The van der Waals surface area contributed by atoms with Gasteiger partial charge in [-0.05, 0) is 12.8 Å². The Labute approximate surface area is 147 Å². The van der Waals surface area contributed by atoms with E-state index in [4.69, 9.17) is 0 Å². The molecule has 1 aliphatic heterocycles. The van der Waals surface area contributed by atoms with Gasteiger partial charge in [0, 0.05) is 24.7 Å². The number of hydrogen-bond donors (Lipinski definition) is 1. The first-order valence-electron chi connectivity index (χ1n) is 8.06. The van der Waals surface area contributed by atoms with E-state index in [-0.39, 0.29) is 5.56 Å². The van der Waals surface area contributed by atoms with Gasteiger partial charge in [0.25, 0.3) is 5.56 Å². The minimum absolute atomic E-state index is 0.238. The van der Waals surface area contributed by atoms with Gasteiger partial charge in [0.1, 0.15) is 0 Å². The number of aromatic nitrogens is 3. The second kappa shape index (κ2) is 6.29. The summed E-state index contributed by atoms with van der Waals surface area (Å²) in [7, 11) is 0. The molecule has 1 saturated heterocycles. The number of carbonyl (C=O) groups is 1. The van der Waals surface area contributed by atoms with Gasteiger partial charge in [0.15, 0.2) is 0 Å². The molecule has 0 saturated carbocycles. The first kappa shape index (κ1) is 15.8. The summed E-state index contributed by atoms with van der Waals surface area (Å²) in [4.78, 5) is 30.6. The maximum absolute atomic E-state index is 12.4. The van der Waals surface area contributed by atoms with Crippen LogP contribution in [0.2, 0.25) is 0 Å². The van der Waals surface area contributed by atoms with E-state index in [1.54, 1.807) is 0 Å².